The Kier molecular flexibility index (Phi) is 7.59. The van der Waals surface area contributed by atoms with Crippen molar-refractivity contribution in [3.8, 4) is 0 Å². The molecule has 4 aliphatic heterocycles. The van der Waals surface area contributed by atoms with Gasteiger partial charge in [0.1, 0.15) is 0 Å². The van der Waals surface area contributed by atoms with E-state index in [1.54, 1.807) is 6.07 Å². The number of benzene rings is 2. The van der Waals surface area contributed by atoms with Crippen LogP contribution in [0.15, 0.2) is 54.1 Å². The van der Waals surface area contributed by atoms with Gasteiger partial charge in [-0.3, -0.25) is 9.69 Å². The van der Waals surface area contributed by atoms with Gasteiger partial charge in [-0.2, -0.15) is 0 Å². The number of carbonyl (C=O) groups is 2. The molecule has 2 aromatic rings. The Morgan fingerprint density at radius 1 is 0.929 bits per heavy atom. The van der Waals surface area contributed by atoms with Crippen LogP contribution in [-0.4, -0.2) is 78.8 Å². The van der Waals surface area contributed by atoms with E-state index in [-0.39, 0.29) is 23.4 Å². The lowest BCUT2D eigenvalue weighted by Crippen LogP contribution is -2.50. The van der Waals surface area contributed by atoms with Crippen LogP contribution in [-0.2, 0) is 9.53 Å². The van der Waals surface area contributed by atoms with Crippen LogP contribution in [0.5, 0.6) is 0 Å². The van der Waals surface area contributed by atoms with Crippen LogP contribution in [0.3, 0.4) is 0 Å². The van der Waals surface area contributed by atoms with E-state index in [0.717, 1.165) is 93.9 Å². The van der Waals surface area contributed by atoms with E-state index >= 15 is 0 Å². The smallest absolute Gasteiger partial charge is 0.335 e. The summed E-state index contributed by atoms with van der Waals surface area (Å²) in [5.41, 5.74) is 5.27. The van der Waals surface area contributed by atoms with Gasteiger partial charge in [0.2, 0.25) is 0 Å². The number of halogens is 1. The fourth-order valence-electron chi connectivity index (χ4n) is 7.98. The summed E-state index contributed by atoms with van der Waals surface area (Å²) in [6.45, 7) is 5.43. The van der Waals surface area contributed by atoms with Gasteiger partial charge in [-0.15, -0.1) is 0 Å². The van der Waals surface area contributed by atoms with Gasteiger partial charge in [-0.05, 0) is 85.1 Å². The number of aromatic carboxylic acids is 1. The second-order valence-corrected chi connectivity index (χ2v) is 12.8. The number of carboxylic acid groups (broad SMARTS) is 1. The van der Waals surface area contributed by atoms with E-state index in [9.17, 15) is 14.7 Å². The number of allylic oxidation sites excluding steroid dienone is 2. The average Bonchev–Trinajstić information content (AvgIpc) is 3.25. The minimum Gasteiger partial charge on any atom is -0.478 e. The van der Waals surface area contributed by atoms with Gasteiger partial charge in [0.05, 0.1) is 24.8 Å². The maximum absolute atomic E-state index is 14.2. The van der Waals surface area contributed by atoms with Gasteiger partial charge < -0.3 is 19.6 Å². The van der Waals surface area contributed by atoms with E-state index in [1.165, 1.54) is 5.56 Å². The molecule has 4 heterocycles. The first kappa shape index (κ1) is 27.7. The van der Waals surface area contributed by atoms with Gasteiger partial charge in [0.15, 0.2) is 0 Å². The summed E-state index contributed by atoms with van der Waals surface area (Å²) in [6, 6.07) is 12.0. The highest BCUT2D eigenvalue weighted by atomic mass is 35.5. The van der Waals surface area contributed by atoms with Crippen LogP contribution in [0.2, 0.25) is 5.02 Å². The number of likely N-dealkylation sites (tertiary alicyclic amines) is 1. The molecule has 5 aliphatic rings. The van der Waals surface area contributed by atoms with Crippen LogP contribution in [0, 0.1) is 5.92 Å². The SMILES string of the molecule is O=C(O)c1ccc2c(c1)N1CC(C(=O)N3CCC(N4CCOCC4)CC3)=Cc3ccc(Cl)cc3C1C2C1CC=CCC1. The van der Waals surface area contributed by atoms with Crippen molar-refractivity contribution < 1.29 is 19.4 Å². The van der Waals surface area contributed by atoms with E-state index < -0.39 is 5.97 Å². The highest BCUT2D eigenvalue weighted by Crippen LogP contribution is 2.56. The Morgan fingerprint density at radius 2 is 1.74 bits per heavy atom. The molecule has 0 spiro atoms. The first-order valence-electron chi connectivity index (χ1n) is 15.4. The molecule has 2 fully saturated rings. The van der Waals surface area contributed by atoms with Crippen molar-refractivity contribution in [1.82, 2.24) is 9.80 Å². The zero-order chi connectivity index (χ0) is 28.8. The van der Waals surface area contributed by atoms with Crippen molar-refractivity contribution in [2.45, 2.75) is 50.1 Å². The third-order valence-corrected chi connectivity index (χ3v) is 10.3. The Hall–Kier alpha value is -3.13. The molecule has 1 N–H and O–H groups in total. The van der Waals surface area contributed by atoms with Crippen molar-refractivity contribution in [2.24, 2.45) is 5.92 Å². The van der Waals surface area contributed by atoms with E-state index in [4.69, 9.17) is 16.3 Å². The predicted molar refractivity (Wildman–Crippen MR) is 164 cm³/mol. The van der Waals surface area contributed by atoms with Gasteiger partial charge in [-0.25, -0.2) is 4.79 Å². The summed E-state index contributed by atoms with van der Waals surface area (Å²) >= 11 is 6.62. The van der Waals surface area contributed by atoms with Gasteiger partial charge in [-0.1, -0.05) is 35.9 Å². The minimum atomic E-state index is -0.938. The van der Waals surface area contributed by atoms with Crippen LogP contribution < -0.4 is 4.90 Å². The number of amides is 1. The number of carboxylic acids is 1. The van der Waals surface area contributed by atoms with E-state index in [1.807, 2.05) is 29.2 Å². The number of carbonyl (C=O) groups excluding carboxylic acids is 1. The molecule has 42 heavy (non-hydrogen) atoms. The van der Waals surface area contributed by atoms with Crippen molar-refractivity contribution >= 4 is 35.2 Å². The normalized spacial score (nSPS) is 26.2. The quantitative estimate of drug-likeness (QED) is 0.459. The first-order chi connectivity index (χ1) is 20.5. The number of nitrogens with zero attached hydrogens (tertiary/aromatic N) is 3. The highest BCUT2D eigenvalue weighted by Gasteiger charge is 2.46. The highest BCUT2D eigenvalue weighted by molar-refractivity contribution is 6.30. The number of anilines is 1. The summed E-state index contributed by atoms with van der Waals surface area (Å²) < 4.78 is 5.54. The molecule has 1 amide bonds. The largest absolute Gasteiger partial charge is 0.478 e. The molecule has 220 valence electrons. The molecular formula is C34H38ClN3O4. The van der Waals surface area contributed by atoms with Gasteiger partial charge >= 0.3 is 5.97 Å². The molecule has 0 radical (unpaired) electrons. The molecule has 2 saturated heterocycles. The molecule has 0 bridgehead atoms. The lowest BCUT2D eigenvalue weighted by Gasteiger charge is -2.40. The molecule has 3 atom stereocenters. The summed E-state index contributed by atoms with van der Waals surface area (Å²) in [7, 11) is 0. The topological polar surface area (TPSA) is 73.3 Å². The third kappa shape index (κ3) is 5.06. The molecule has 1 aliphatic carbocycles. The van der Waals surface area contributed by atoms with Crippen LogP contribution in [0.4, 0.5) is 5.69 Å². The number of piperidine rings is 1. The second kappa shape index (κ2) is 11.5. The Bertz CT molecular complexity index is 1440. The maximum atomic E-state index is 14.2. The molecule has 3 unspecified atom stereocenters. The number of hydrogen-bond donors (Lipinski definition) is 1. The van der Waals surface area contributed by atoms with E-state index in [2.05, 4.69) is 34.1 Å². The molecule has 7 nitrogen and oxygen atoms in total. The van der Waals surface area contributed by atoms with Crippen molar-refractivity contribution in [3.05, 3.63) is 81.4 Å². The zero-order valence-corrected chi connectivity index (χ0v) is 24.6. The molecule has 8 heteroatoms. The summed E-state index contributed by atoms with van der Waals surface area (Å²) in [4.78, 5) is 33.1. The number of rotatable bonds is 4. The number of fused-ring (bicyclic) bond motifs is 5. The molecule has 0 aromatic heterocycles. The van der Waals surface area contributed by atoms with Crippen LogP contribution in [0.1, 0.15) is 71.1 Å². The fraction of sp³-hybridized carbons (Fsp3) is 0.471. The predicted octanol–water partition coefficient (Wildman–Crippen LogP) is 5.76. The number of hydrogen-bond acceptors (Lipinski definition) is 5. The van der Waals surface area contributed by atoms with Gasteiger partial charge in [0.25, 0.3) is 5.91 Å². The molecule has 2 aromatic carbocycles. The van der Waals surface area contributed by atoms with E-state index in [0.29, 0.717) is 23.5 Å². The second-order valence-electron chi connectivity index (χ2n) is 12.3. The lowest BCUT2D eigenvalue weighted by atomic mass is 9.74. The molecular weight excluding hydrogens is 550 g/mol. The fourth-order valence-corrected chi connectivity index (χ4v) is 8.16. The average molecular weight is 588 g/mol. The Labute approximate surface area is 252 Å². The maximum Gasteiger partial charge on any atom is 0.335 e. The Balaban J connectivity index is 1.24. The standard InChI is InChI=1S/C34H38ClN3O4/c35-26-8-6-23-18-25(33(39)37-12-10-27(11-13-37)36-14-16-42-17-15-36)21-38-30-19-24(34(40)41)7-9-28(30)31(32(38)29(23)20-26)22-4-2-1-3-5-22/h1-2,6-9,18-20,22,27,31-32H,3-5,10-17,21H2,(H,40,41). The first-order valence-corrected chi connectivity index (χ1v) is 15.8. The van der Waals surface area contributed by atoms with Crippen molar-refractivity contribution in [3.63, 3.8) is 0 Å². The van der Waals surface area contributed by atoms with Crippen molar-refractivity contribution in [2.75, 3.05) is 50.8 Å². The summed E-state index contributed by atoms with van der Waals surface area (Å²) in [6.07, 6.45) is 11.7. The third-order valence-electron chi connectivity index (χ3n) is 10.1. The minimum absolute atomic E-state index is 0.0251. The lowest BCUT2D eigenvalue weighted by molar-refractivity contribution is -0.128. The van der Waals surface area contributed by atoms with Gasteiger partial charge in [0, 0.05) is 61.0 Å². The van der Waals surface area contributed by atoms with Crippen LogP contribution in [0.25, 0.3) is 6.08 Å². The van der Waals surface area contributed by atoms with Crippen LogP contribution >= 0.6 is 11.6 Å². The summed E-state index contributed by atoms with van der Waals surface area (Å²) in [5, 5.41) is 10.5. The zero-order valence-electron chi connectivity index (χ0n) is 23.9. The number of ether oxygens (including phenoxy) is 1. The summed E-state index contributed by atoms with van der Waals surface area (Å²) in [5.74, 6) is -0.261. The molecule has 0 saturated carbocycles. The Morgan fingerprint density at radius 3 is 2.48 bits per heavy atom. The molecule has 7 rings (SSSR count). The van der Waals surface area contributed by atoms with Crippen molar-refractivity contribution in [1.29, 1.82) is 0 Å². The monoisotopic (exact) mass is 587 g/mol. The number of morpholine rings is 1.